The van der Waals surface area contributed by atoms with E-state index in [-0.39, 0.29) is 24.0 Å². The molecule has 3 rings (SSSR count). The van der Waals surface area contributed by atoms with Crippen molar-refractivity contribution in [3.05, 3.63) is 42.5 Å². The molecule has 0 spiro atoms. The SMILES string of the molecule is O=C(C[NH2+]CCO)N1CCN(S(=O)(=O)c2ccc3ccccc3c2)CC1. The molecule has 1 saturated heterocycles. The predicted molar refractivity (Wildman–Crippen MR) is 98.0 cm³/mol. The maximum atomic E-state index is 12.9. The molecule has 0 atom stereocenters. The minimum absolute atomic E-state index is 0.0267. The van der Waals surface area contributed by atoms with Gasteiger partial charge in [-0.1, -0.05) is 30.3 Å². The molecule has 0 radical (unpaired) electrons. The quantitative estimate of drug-likeness (QED) is 0.646. The summed E-state index contributed by atoms with van der Waals surface area (Å²) in [7, 11) is -3.57. The maximum absolute atomic E-state index is 12.9. The fourth-order valence-electron chi connectivity index (χ4n) is 3.10. The molecule has 3 N–H and O–H groups in total. The van der Waals surface area contributed by atoms with Gasteiger partial charge in [0.15, 0.2) is 6.54 Å². The van der Waals surface area contributed by atoms with Gasteiger partial charge in [0.2, 0.25) is 10.0 Å². The number of hydrogen-bond donors (Lipinski definition) is 2. The van der Waals surface area contributed by atoms with Crippen LogP contribution in [0.2, 0.25) is 0 Å². The van der Waals surface area contributed by atoms with E-state index in [9.17, 15) is 13.2 Å². The highest BCUT2D eigenvalue weighted by molar-refractivity contribution is 7.89. The topological polar surface area (TPSA) is 94.5 Å². The summed E-state index contributed by atoms with van der Waals surface area (Å²) < 4.78 is 27.3. The van der Waals surface area contributed by atoms with E-state index < -0.39 is 10.0 Å². The number of carbonyl (C=O) groups excluding carboxylic acids is 1. The molecule has 0 aliphatic carbocycles. The smallest absolute Gasteiger partial charge is 0.277 e. The Bertz CT molecular complexity index is 877. The number of aliphatic hydroxyl groups excluding tert-OH is 1. The molecule has 0 saturated carbocycles. The number of aliphatic hydroxyl groups is 1. The normalized spacial score (nSPS) is 16.1. The van der Waals surface area contributed by atoms with Crippen molar-refractivity contribution in [2.75, 3.05) is 45.9 Å². The van der Waals surface area contributed by atoms with E-state index >= 15 is 0 Å². The predicted octanol–water partition coefficient (Wildman–Crippen LogP) is -0.772. The Morgan fingerprint density at radius 2 is 1.73 bits per heavy atom. The maximum Gasteiger partial charge on any atom is 0.277 e. The van der Waals surface area contributed by atoms with Gasteiger partial charge in [-0.3, -0.25) is 4.79 Å². The van der Waals surface area contributed by atoms with Gasteiger partial charge in [0.1, 0.15) is 0 Å². The molecule has 1 aliphatic heterocycles. The second kappa shape index (κ2) is 8.13. The monoisotopic (exact) mass is 378 g/mol. The molecule has 0 unspecified atom stereocenters. The van der Waals surface area contributed by atoms with E-state index in [1.807, 2.05) is 30.3 Å². The van der Waals surface area contributed by atoms with Crippen LogP contribution in [0.5, 0.6) is 0 Å². The second-order valence-corrected chi connectivity index (χ2v) is 8.24. The van der Waals surface area contributed by atoms with Crippen molar-refractivity contribution in [3.63, 3.8) is 0 Å². The van der Waals surface area contributed by atoms with Crippen molar-refractivity contribution in [2.24, 2.45) is 0 Å². The van der Waals surface area contributed by atoms with Gasteiger partial charge in [-0.05, 0) is 22.9 Å². The zero-order valence-electron chi connectivity index (χ0n) is 14.5. The van der Waals surface area contributed by atoms with Crippen LogP contribution in [0.3, 0.4) is 0 Å². The summed E-state index contributed by atoms with van der Waals surface area (Å²) in [4.78, 5) is 14.1. The Balaban J connectivity index is 1.66. The molecule has 26 heavy (non-hydrogen) atoms. The van der Waals surface area contributed by atoms with Crippen molar-refractivity contribution in [1.82, 2.24) is 9.21 Å². The Hall–Kier alpha value is -2.00. The van der Waals surface area contributed by atoms with E-state index in [2.05, 4.69) is 0 Å². The van der Waals surface area contributed by atoms with E-state index in [1.165, 1.54) is 4.31 Å². The number of quaternary nitrogens is 1. The lowest BCUT2D eigenvalue weighted by Crippen LogP contribution is -2.87. The van der Waals surface area contributed by atoms with Crippen molar-refractivity contribution in [1.29, 1.82) is 0 Å². The molecular formula is C18H24N3O4S+. The highest BCUT2D eigenvalue weighted by atomic mass is 32.2. The minimum atomic E-state index is -3.57. The number of benzene rings is 2. The molecule has 1 amide bonds. The number of hydrogen-bond acceptors (Lipinski definition) is 4. The summed E-state index contributed by atoms with van der Waals surface area (Å²) in [6.07, 6.45) is 0. The molecule has 140 valence electrons. The van der Waals surface area contributed by atoms with E-state index in [0.717, 1.165) is 10.8 Å². The third kappa shape index (κ3) is 4.04. The van der Waals surface area contributed by atoms with Crippen LogP contribution >= 0.6 is 0 Å². The number of piperazine rings is 1. The summed E-state index contributed by atoms with van der Waals surface area (Å²) in [5, 5.41) is 12.4. The fraction of sp³-hybridized carbons (Fsp3) is 0.389. The van der Waals surface area contributed by atoms with Crippen LogP contribution in [0.4, 0.5) is 0 Å². The summed E-state index contributed by atoms with van der Waals surface area (Å²) in [6, 6.07) is 12.8. The molecule has 1 fully saturated rings. The highest BCUT2D eigenvalue weighted by Crippen LogP contribution is 2.22. The zero-order chi connectivity index (χ0) is 18.6. The number of nitrogens with zero attached hydrogens (tertiary/aromatic N) is 2. The lowest BCUT2D eigenvalue weighted by Gasteiger charge is -2.33. The first kappa shape index (κ1) is 18.8. The third-order valence-corrected chi connectivity index (χ3v) is 6.50. The van der Waals surface area contributed by atoms with Crippen LogP contribution in [0.25, 0.3) is 10.8 Å². The number of nitrogens with two attached hydrogens (primary N) is 1. The molecular weight excluding hydrogens is 354 g/mol. The van der Waals surface area contributed by atoms with Gasteiger partial charge in [0.25, 0.3) is 5.91 Å². The largest absolute Gasteiger partial charge is 0.391 e. The standard InChI is InChI=1S/C18H23N3O4S/c22-12-7-19-14-18(23)20-8-10-21(11-9-20)26(24,25)17-6-5-15-3-1-2-4-16(15)13-17/h1-6,13,19,22H,7-12,14H2/p+1. The lowest BCUT2D eigenvalue weighted by molar-refractivity contribution is -0.645. The van der Waals surface area contributed by atoms with E-state index in [1.54, 1.807) is 22.3 Å². The molecule has 2 aromatic carbocycles. The summed E-state index contributed by atoms with van der Waals surface area (Å²) in [5.74, 6) is -0.0267. The number of sulfonamides is 1. The van der Waals surface area contributed by atoms with Gasteiger partial charge in [0, 0.05) is 26.2 Å². The summed E-state index contributed by atoms with van der Waals surface area (Å²) in [5.41, 5.74) is 0. The molecule has 2 aromatic rings. The van der Waals surface area contributed by atoms with Gasteiger partial charge >= 0.3 is 0 Å². The van der Waals surface area contributed by atoms with Crippen LogP contribution in [-0.4, -0.2) is 74.5 Å². The Morgan fingerprint density at radius 1 is 1.04 bits per heavy atom. The molecule has 1 heterocycles. The van der Waals surface area contributed by atoms with Gasteiger partial charge in [-0.15, -0.1) is 0 Å². The van der Waals surface area contributed by atoms with Crippen molar-refractivity contribution >= 4 is 26.7 Å². The number of carbonyl (C=O) groups is 1. The van der Waals surface area contributed by atoms with Crippen molar-refractivity contribution in [2.45, 2.75) is 4.90 Å². The number of amides is 1. The van der Waals surface area contributed by atoms with Crippen LogP contribution in [0.15, 0.2) is 47.4 Å². The van der Waals surface area contributed by atoms with E-state index in [0.29, 0.717) is 32.7 Å². The fourth-order valence-corrected chi connectivity index (χ4v) is 4.56. The van der Waals surface area contributed by atoms with Gasteiger partial charge < -0.3 is 15.3 Å². The Morgan fingerprint density at radius 3 is 2.42 bits per heavy atom. The third-order valence-electron chi connectivity index (χ3n) is 4.60. The van der Waals surface area contributed by atoms with Crippen molar-refractivity contribution in [3.8, 4) is 0 Å². The number of fused-ring (bicyclic) bond motifs is 1. The summed E-state index contributed by atoms with van der Waals surface area (Å²) in [6.45, 7) is 2.16. The average Bonchev–Trinajstić information content (AvgIpc) is 2.67. The first-order valence-corrected chi connectivity index (χ1v) is 10.2. The number of rotatable bonds is 6. The summed E-state index contributed by atoms with van der Waals surface area (Å²) >= 11 is 0. The molecule has 7 nitrogen and oxygen atoms in total. The van der Waals surface area contributed by atoms with Gasteiger partial charge in [0.05, 0.1) is 18.0 Å². The van der Waals surface area contributed by atoms with E-state index in [4.69, 9.17) is 5.11 Å². The first-order chi connectivity index (χ1) is 12.5. The molecule has 0 aromatic heterocycles. The highest BCUT2D eigenvalue weighted by Gasteiger charge is 2.30. The van der Waals surface area contributed by atoms with Gasteiger partial charge in [-0.25, -0.2) is 8.42 Å². The lowest BCUT2D eigenvalue weighted by atomic mass is 10.1. The molecule has 1 aliphatic rings. The van der Waals surface area contributed by atoms with Gasteiger partial charge in [-0.2, -0.15) is 4.31 Å². The van der Waals surface area contributed by atoms with Crippen LogP contribution < -0.4 is 5.32 Å². The van der Waals surface area contributed by atoms with Crippen LogP contribution in [0.1, 0.15) is 0 Å². The molecule has 0 bridgehead atoms. The zero-order valence-corrected chi connectivity index (χ0v) is 15.4. The van der Waals surface area contributed by atoms with Crippen LogP contribution in [0, 0.1) is 0 Å². The minimum Gasteiger partial charge on any atom is -0.391 e. The Kier molecular flexibility index (Phi) is 5.87. The Labute approximate surface area is 153 Å². The van der Waals surface area contributed by atoms with Crippen molar-refractivity contribution < 1.29 is 23.6 Å². The second-order valence-electron chi connectivity index (χ2n) is 6.30. The molecule has 8 heteroatoms. The average molecular weight is 378 g/mol. The van der Waals surface area contributed by atoms with Crippen LogP contribution in [-0.2, 0) is 14.8 Å². The first-order valence-electron chi connectivity index (χ1n) is 8.71.